The van der Waals surface area contributed by atoms with Crippen molar-refractivity contribution in [3.63, 3.8) is 0 Å². The highest BCUT2D eigenvalue weighted by molar-refractivity contribution is 6.30. The molecular weight excluding hydrogens is 338 g/mol. The fraction of sp³-hybridized carbons (Fsp3) is 0.444. The van der Waals surface area contributed by atoms with Gasteiger partial charge in [-0.3, -0.25) is 4.68 Å². The molecule has 0 amide bonds. The molecule has 136 valence electrons. The average molecular weight is 364 g/mol. The van der Waals surface area contributed by atoms with Crippen LogP contribution in [-0.4, -0.2) is 40.8 Å². The van der Waals surface area contributed by atoms with Crippen molar-refractivity contribution in [2.45, 2.75) is 26.9 Å². The molecule has 0 spiro atoms. The topological polar surface area (TPSA) is 54.7 Å². The van der Waals surface area contributed by atoms with Crippen molar-refractivity contribution >= 4 is 17.6 Å². The second-order valence-electron chi connectivity index (χ2n) is 5.73. The van der Waals surface area contributed by atoms with Crippen LogP contribution in [0.15, 0.2) is 35.6 Å². The standard InChI is InChI=1S/C18H26ClN5O/c1-5-20-18(23(3)12-14-10-22-24(4)13-14)21-11-15-7-8-16(19)9-17(15)25-6-2/h7-10,13H,5-6,11-12H2,1-4H3,(H,20,21). The molecular formula is C18H26ClN5O. The third kappa shape index (κ3) is 5.67. The van der Waals surface area contributed by atoms with E-state index in [0.717, 1.165) is 35.9 Å². The molecule has 0 atom stereocenters. The molecule has 1 heterocycles. The van der Waals surface area contributed by atoms with Crippen LogP contribution in [0.1, 0.15) is 25.0 Å². The van der Waals surface area contributed by atoms with E-state index in [9.17, 15) is 0 Å². The molecule has 0 radical (unpaired) electrons. The van der Waals surface area contributed by atoms with Crippen molar-refractivity contribution in [1.82, 2.24) is 20.0 Å². The number of hydrogen-bond donors (Lipinski definition) is 1. The first-order valence-electron chi connectivity index (χ1n) is 8.41. The number of aryl methyl sites for hydroxylation is 1. The quantitative estimate of drug-likeness (QED) is 0.606. The van der Waals surface area contributed by atoms with Crippen molar-refractivity contribution < 1.29 is 4.74 Å². The Kier molecular flexibility index (Phi) is 7.13. The zero-order valence-electron chi connectivity index (χ0n) is 15.3. The lowest BCUT2D eigenvalue weighted by Gasteiger charge is -2.21. The van der Waals surface area contributed by atoms with E-state index >= 15 is 0 Å². The molecule has 0 saturated heterocycles. The van der Waals surface area contributed by atoms with Gasteiger partial charge in [0.15, 0.2) is 5.96 Å². The minimum absolute atomic E-state index is 0.520. The number of hydrogen-bond acceptors (Lipinski definition) is 3. The Morgan fingerprint density at radius 3 is 2.84 bits per heavy atom. The van der Waals surface area contributed by atoms with Gasteiger partial charge in [-0.15, -0.1) is 0 Å². The third-order valence-electron chi connectivity index (χ3n) is 3.60. The van der Waals surface area contributed by atoms with Crippen molar-refractivity contribution in [2.75, 3.05) is 20.2 Å². The Bertz CT molecular complexity index is 713. The Morgan fingerprint density at radius 1 is 1.40 bits per heavy atom. The average Bonchev–Trinajstić information content (AvgIpc) is 2.98. The highest BCUT2D eigenvalue weighted by Gasteiger charge is 2.09. The zero-order chi connectivity index (χ0) is 18.2. The van der Waals surface area contributed by atoms with Gasteiger partial charge in [-0.05, 0) is 26.0 Å². The van der Waals surface area contributed by atoms with Crippen LogP contribution >= 0.6 is 11.6 Å². The maximum Gasteiger partial charge on any atom is 0.194 e. The second-order valence-corrected chi connectivity index (χ2v) is 6.17. The van der Waals surface area contributed by atoms with E-state index in [1.165, 1.54) is 0 Å². The van der Waals surface area contributed by atoms with E-state index in [4.69, 9.17) is 21.3 Å². The first-order chi connectivity index (χ1) is 12.0. The summed E-state index contributed by atoms with van der Waals surface area (Å²) in [6, 6.07) is 5.66. The smallest absolute Gasteiger partial charge is 0.194 e. The lowest BCUT2D eigenvalue weighted by atomic mass is 10.2. The summed E-state index contributed by atoms with van der Waals surface area (Å²) in [5.41, 5.74) is 2.15. The Balaban J connectivity index is 2.13. The number of guanidine groups is 1. The van der Waals surface area contributed by atoms with Crippen molar-refractivity contribution in [3.8, 4) is 5.75 Å². The van der Waals surface area contributed by atoms with E-state index in [1.807, 2.05) is 51.6 Å². The minimum Gasteiger partial charge on any atom is -0.493 e. The molecule has 1 N–H and O–H groups in total. The van der Waals surface area contributed by atoms with Crippen molar-refractivity contribution in [2.24, 2.45) is 12.0 Å². The number of aromatic nitrogens is 2. The predicted octanol–water partition coefficient (Wildman–Crippen LogP) is 3.07. The zero-order valence-corrected chi connectivity index (χ0v) is 16.0. The summed E-state index contributed by atoms with van der Waals surface area (Å²) in [4.78, 5) is 6.82. The highest BCUT2D eigenvalue weighted by Crippen LogP contribution is 2.24. The van der Waals surface area contributed by atoms with Crippen molar-refractivity contribution in [1.29, 1.82) is 0 Å². The number of nitrogens with zero attached hydrogens (tertiary/aromatic N) is 4. The van der Waals surface area contributed by atoms with Gasteiger partial charge in [0.1, 0.15) is 5.75 Å². The van der Waals surface area contributed by atoms with Crippen LogP contribution in [0.5, 0.6) is 5.75 Å². The van der Waals surface area contributed by atoms with Gasteiger partial charge in [-0.2, -0.15) is 5.10 Å². The number of nitrogens with one attached hydrogen (secondary N) is 1. The number of benzene rings is 1. The summed E-state index contributed by atoms with van der Waals surface area (Å²) in [6.45, 7) is 6.67. The van der Waals surface area contributed by atoms with Crippen LogP contribution in [0, 0.1) is 0 Å². The normalized spacial score (nSPS) is 11.5. The van der Waals surface area contributed by atoms with Gasteiger partial charge in [-0.1, -0.05) is 17.7 Å². The highest BCUT2D eigenvalue weighted by atomic mass is 35.5. The Morgan fingerprint density at radius 2 is 2.20 bits per heavy atom. The molecule has 0 aliphatic heterocycles. The fourth-order valence-electron chi connectivity index (χ4n) is 2.48. The maximum absolute atomic E-state index is 6.06. The number of rotatable bonds is 7. The fourth-order valence-corrected chi connectivity index (χ4v) is 2.64. The lowest BCUT2D eigenvalue weighted by Crippen LogP contribution is -2.38. The van der Waals surface area contributed by atoms with Gasteiger partial charge in [0.05, 0.1) is 19.3 Å². The van der Waals surface area contributed by atoms with Gasteiger partial charge in [0.2, 0.25) is 0 Å². The molecule has 0 saturated carbocycles. The first kappa shape index (κ1) is 19.1. The lowest BCUT2D eigenvalue weighted by molar-refractivity contribution is 0.336. The summed E-state index contributed by atoms with van der Waals surface area (Å²) in [7, 11) is 3.93. The summed E-state index contributed by atoms with van der Waals surface area (Å²) in [5, 5.41) is 8.20. The van der Waals surface area contributed by atoms with Gasteiger partial charge in [0.25, 0.3) is 0 Å². The molecule has 0 bridgehead atoms. The summed E-state index contributed by atoms with van der Waals surface area (Å²) in [5.74, 6) is 1.62. The maximum atomic E-state index is 6.06. The monoisotopic (exact) mass is 363 g/mol. The van der Waals surface area contributed by atoms with Crippen LogP contribution in [-0.2, 0) is 20.1 Å². The molecule has 0 fully saturated rings. The van der Waals surface area contributed by atoms with Gasteiger partial charge in [-0.25, -0.2) is 4.99 Å². The molecule has 1 aromatic carbocycles. The van der Waals surface area contributed by atoms with Gasteiger partial charge in [0, 0.05) is 49.5 Å². The molecule has 0 unspecified atom stereocenters. The molecule has 7 heteroatoms. The molecule has 6 nitrogen and oxygen atoms in total. The van der Waals surface area contributed by atoms with Gasteiger partial charge < -0.3 is 15.0 Å². The number of ether oxygens (including phenoxy) is 1. The Labute approximate surface area is 154 Å². The van der Waals surface area contributed by atoms with Crippen LogP contribution < -0.4 is 10.1 Å². The molecule has 25 heavy (non-hydrogen) atoms. The van der Waals surface area contributed by atoms with Gasteiger partial charge >= 0.3 is 0 Å². The van der Waals surface area contributed by atoms with E-state index in [1.54, 1.807) is 4.68 Å². The molecule has 2 aromatic rings. The first-order valence-corrected chi connectivity index (χ1v) is 8.79. The number of halogens is 1. The molecule has 0 aliphatic carbocycles. The van der Waals surface area contributed by atoms with Crippen molar-refractivity contribution in [3.05, 3.63) is 46.7 Å². The van der Waals surface area contributed by atoms with Crippen LogP contribution in [0.3, 0.4) is 0 Å². The van der Waals surface area contributed by atoms with Crippen LogP contribution in [0.4, 0.5) is 0 Å². The van der Waals surface area contributed by atoms with Crippen LogP contribution in [0.25, 0.3) is 0 Å². The van der Waals surface area contributed by atoms with E-state index in [2.05, 4.69) is 22.2 Å². The second kappa shape index (κ2) is 9.32. The van der Waals surface area contributed by atoms with E-state index < -0.39 is 0 Å². The minimum atomic E-state index is 0.520. The molecule has 1 aromatic heterocycles. The molecule has 2 rings (SSSR count). The summed E-state index contributed by atoms with van der Waals surface area (Å²) in [6.07, 6.45) is 3.87. The molecule has 0 aliphatic rings. The third-order valence-corrected chi connectivity index (χ3v) is 3.84. The summed E-state index contributed by atoms with van der Waals surface area (Å²) < 4.78 is 7.47. The van der Waals surface area contributed by atoms with E-state index in [-0.39, 0.29) is 0 Å². The summed E-state index contributed by atoms with van der Waals surface area (Å²) >= 11 is 6.06. The Hall–Kier alpha value is -2.21. The predicted molar refractivity (Wildman–Crippen MR) is 102 cm³/mol. The van der Waals surface area contributed by atoms with E-state index in [0.29, 0.717) is 18.2 Å². The van der Waals surface area contributed by atoms with Crippen LogP contribution in [0.2, 0.25) is 5.02 Å². The largest absolute Gasteiger partial charge is 0.493 e. The SMILES string of the molecule is CCNC(=NCc1ccc(Cl)cc1OCC)N(C)Cc1cnn(C)c1. The number of aliphatic imine (C=N–C) groups is 1.